The van der Waals surface area contributed by atoms with Crippen LogP contribution in [0.3, 0.4) is 0 Å². The van der Waals surface area contributed by atoms with Gasteiger partial charge in [-0.15, -0.1) is 0 Å². The molecule has 0 amide bonds. The zero-order valence-corrected chi connectivity index (χ0v) is 11.9. The van der Waals surface area contributed by atoms with Crippen molar-refractivity contribution in [3.63, 3.8) is 0 Å². The average Bonchev–Trinajstić information content (AvgIpc) is 2.77. The highest BCUT2D eigenvalue weighted by atomic mass is 32.1. The minimum absolute atomic E-state index is 0.224. The van der Waals surface area contributed by atoms with Gasteiger partial charge in [-0.1, -0.05) is 23.5 Å². The Morgan fingerprint density at radius 2 is 2.25 bits per heavy atom. The van der Waals surface area contributed by atoms with E-state index in [-0.39, 0.29) is 12.3 Å². The van der Waals surface area contributed by atoms with Crippen molar-refractivity contribution in [3.8, 4) is 0 Å². The van der Waals surface area contributed by atoms with E-state index >= 15 is 0 Å². The molecule has 20 heavy (non-hydrogen) atoms. The molecule has 0 aliphatic rings. The average molecular weight is 288 g/mol. The highest BCUT2D eigenvalue weighted by molar-refractivity contribution is 7.23. The Labute approximate surface area is 118 Å². The summed E-state index contributed by atoms with van der Waals surface area (Å²) in [4.78, 5) is 28.2. The fourth-order valence-electron chi connectivity index (χ4n) is 2.20. The smallest absolute Gasteiger partial charge is 0.355 e. The van der Waals surface area contributed by atoms with Gasteiger partial charge in [0, 0.05) is 6.07 Å². The number of hydrogen-bond acceptors (Lipinski definition) is 5. The van der Waals surface area contributed by atoms with Gasteiger partial charge < -0.3 is 4.74 Å². The molecule has 0 unspecified atom stereocenters. The van der Waals surface area contributed by atoms with E-state index in [1.54, 1.807) is 11.3 Å². The Kier molecular flexibility index (Phi) is 3.02. The van der Waals surface area contributed by atoms with E-state index in [0.717, 1.165) is 15.8 Å². The van der Waals surface area contributed by atoms with Crippen LogP contribution < -0.4 is 5.56 Å². The Hall–Kier alpha value is -2.21. The lowest BCUT2D eigenvalue weighted by Gasteiger charge is -2.06. The number of thiazole rings is 1. The van der Waals surface area contributed by atoms with Crippen LogP contribution in [0.5, 0.6) is 0 Å². The van der Waals surface area contributed by atoms with Crippen LogP contribution >= 0.6 is 11.3 Å². The number of benzene rings is 1. The second-order valence-electron chi connectivity index (χ2n) is 4.34. The molecule has 3 rings (SSSR count). The number of carbonyl (C=O) groups excluding carboxylic acids is 1. The lowest BCUT2D eigenvalue weighted by atomic mass is 10.2. The summed E-state index contributed by atoms with van der Waals surface area (Å²) < 4.78 is 7.71. The first-order chi connectivity index (χ1) is 9.61. The minimum atomic E-state index is -0.509. The first-order valence-electron chi connectivity index (χ1n) is 6.21. The van der Waals surface area contributed by atoms with Crippen LogP contribution in [-0.2, 0) is 4.74 Å². The number of fused-ring (bicyclic) bond motifs is 3. The first-order valence-corrected chi connectivity index (χ1v) is 7.02. The Morgan fingerprint density at radius 1 is 1.45 bits per heavy atom. The number of aryl methyl sites for hydroxylation is 1. The molecule has 1 aromatic carbocycles. The van der Waals surface area contributed by atoms with Crippen molar-refractivity contribution >= 4 is 32.5 Å². The van der Waals surface area contributed by atoms with Crippen molar-refractivity contribution in [1.29, 1.82) is 0 Å². The van der Waals surface area contributed by atoms with E-state index in [1.807, 2.05) is 25.1 Å². The summed E-state index contributed by atoms with van der Waals surface area (Å²) in [5.41, 5.74) is 1.70. The molecular weight excluding hydrogens is 276 g/mol. The zero-order chi connectivity index (χ0) is 14.3. The van der Waals surface area contributed by atoms with Crippen molar-refractivity contribution in [1.82, 2.24) is 9.38 Å². The maximum atomic E-state index is 12.1. The molecule has 0 saturated carbocycles. The molecule has 3 aromatic rings. The van der Waals surface area contributed by atoms with E-state index < -0.39 is 11.5 Å². The lowest BCUT2D eigenvalue weighted by molar-refractivity contribution is 0.0518. The van der Waals surface area contributed by atoms with Crippen molar-refractivity contribution in [2.75, 3.05) is 6.61 Å². The number of carbonyl (C=O) groups is 1. The monoisotopic (exact) mass is 288 g/mol. The molecule has 0 radical (unpaired) electrons. The number of esters is 1. The standard InChI is InChI=1S/C14H12N2O3S/c1-3-19-13(18)9-7-11(17)15-14-16(9)12-8(2)5-4-6-10(12)20-14/h4-7H,3H2,1-2H3. The van der Waals surface area contributed by atoms with Crippen LogP contribution in [0.1, 0.15) is 23.0 Å². The van der Waals surface area contributed by atoms with Gasteiger partial charge in [-0.3, -0.25) is 9.20 Å². The highest BCUT2D eigenvalue weighted by Crippen LogP contribution is 2.28. The number of ether oxygens (including phenoxy) is 1. The van der Waals surface area contributed by atoms with Crippen molar-refractivity contribution in [2.24, 2.45) is 0 Å². The molecule has 0 atom stereocenters. The topological polar surface area (TPSA) is 60.7 Å². The Morgan fingerprint density at radius 3 is 3.00 bits per heavy atom. The van der Waals surface area contributed by atoms with E-state index in [1.165, 1.54) is 17.4 Å². The summed E-state index contributed by atoms with van der Waals surface area (Å²) in [6, 6.07) is 7.07. The first kappa shape index (κ1) is 12.8. The van der Waals surface area contributed by atoms with Crippen molar-refractivity contribution in [3.05, 3.63) is 45.9 Å². The largest absolute Gasteiger partial charge is 0.461 e. The van der Waals surface area contributed by atoms with Gasteiger partial charge in [-0.2, -0.15) is 4.98 Å². The molecule has 6 heteroatoms. The summed E-state index contributed by atoms with van der Waals surface area (Å²) in [5.74, 6) is -0.509. The molecule has 0 N–H and O–H groups in total. The summed E-state index contributed by atoms with van der Waals surface area (Å²) in [7, 11) is 0. The molecule has 0 fully saturated rings. The molecule has 0 aliphatic carbocycles. The second kappa shape index (κ2) is 4.72. The zero-order valence-electron chi connectivity index (χ0n) is 11.0. The van der Waals surface area contributed by atoms with E-state index in [9.17, 15) is 9.59 Å². The second-order valence-corrected chi connectivity index (χ2v) is 5.35. The van der Waals surface area contributed by atoms with Gasteiger partial charge in [0.05, 0.1) is 16.8 Å². The molecule has 102 valence electrons. The summed E-state index contributed by atoms with van der Waals surface area (Å²) in [5, 5.41) is 0. The van der Waals surface area contributed by atoms with Gasteiger partial charge in [0.15, 0.2) is 4.96 Å². The lowest BCUT2D eigenvalue weighted by Crippen LogP contribution is -2.17. The third kappa shape index (κ3) is 1.89. The van der Waals surface area contributed by atoms with Crippen LogP contribution in [0.4, 0.5) is 0 Å². The number of hydrogen-bond donors (Lipinski definition) is 0. The van der Waals surface area contributed by atoms with Gasteiger partial charge in [0.2, 0.25) is 0 Å². The summed E-state index contributed by atoms with van der Waals surface area (Å²) in [6.45, 7) is 3.95. The number of para-hydroxylation sites is 1. The van der Waals surface area contributed by atoms with Crippen LogP contribution in [0.25, 0.3) is 15.2 Å². The predicted octanol–water partition coefficient (Wildman–Crippen LogP) is 2.39. The maximum Gasteiger partial charge on any atom is 0.355 e. The molecule has 0 aliphatic heterocycles. The molecular formula is C14H12N2O3S. The third-order valence-electron chi connectivity index (χ3n) is 3.01. The molecule has 2 aromatic heterocycles. The van der Waals surface area contributed by atoms with Gasteiger partial charge >= 0.3 is 5.97 Å². The van der Waals surface area contributed by atoms with E-state index in [0.29, 0.717) is 4.96 Å². The Balaban J connectivity index is 2.47. The van der Waals surface area contributed by atoms with Crippen LogP contribution in [0.15, 0.2) is 29.1 Å². The van der Waals surface area contributed by atoms with Gasteiger partial charge in [0.25, 0.3) is 5.56 Å². The predicted molar refractivity (Wildman–Crippen MR) is 77.5 cm³/mol. The molecule has 2 heterocycles. The van der Waals surface area contributed by atoms with Crippen LogP contribution in [0.2, 0.25) is 0 Å². The number of nitrogens with zero attached hydrogens (tertiary/aromatic N) is 2. The molecule has 5 nitrogen and oxygen atoms in total. The number of aromatic nitrogens is 2. The van der Waals surface area contributed by atoms with Gasteiger partial charge in [-0.05, 0) is 25.5 Å². The Bertz CT molecular complexity index is 879. The number of rotatable bonds is 2. The fraction of sp³-hybridized carbons (Fsp3) is 0.214. The SMILES string of the molecule is CCOC(=O)c1cc(=O)nc2sc3cccc(C)c3n12. The van der Waals surface area contributed by atoms with Crippen LogP contribution in [-0.4, -0.2) is 22.0 Å². The fourth-order valence-corrected chi connectivity index (χ4v) is 3.31. The minimum Gasteiger partial charge on any atom is -0.461 e. The molecule has 0 bridgehead atoms. The van der Waals surface area contributed by atoms with Gasteiger partial charge in [-0.25, -0.2) is 4.79 Å². The summed E-state index contributed by atoms with van der Waals surface area (Å²) in [6.07, 6.45) is 0. The summed E-state index contributed by atoms with van der Waals surface area (Å²) >= 11 is 1.38. The highest BCUT2D eigenvalue weighted by Gasteiger charge is 2.17. The van der Waals surface area contributed by atoms with Gasteiger partial charge in [0.1, 0.15) is 5.69 Å². The molecule has 0 spiro atoms. The van der Waals surface area contributed by atoms with Crippen molar-refractivity contribution < 1.29 is 9.53 Å². The quantitative estimate of drug-likeness (QED) is 0.679. The van der Waals surface area contributed by atoms with Crippen LogP contribution in [0, 0.1) is 6.92 Å². The molecule has 0 saturated heterocycles. The third-order valence-corrected chi connectivity index (χ3v) is 4.01. The van der Waals surface area contributed by atoms with E-state index in [4.69, 9.17) is 4.74 Å². The normalized spacial score (nSPS) is 11.1. The van der Waals surface area contributed by atoms with Crippen molar-refractivity contribution in [2.45, 2.75) is 13.8 Å². The van der Waals surface area contributed by atoms with E-state index in [2.05, 4.69) is 4.98 Å². The maximum absolute atomic E-state index is 12.1.